The number of unbranched alkanes of at least 4 members (excludes halogenated alkanes) is 1. The number of rotatable bonds is 4. The minimum absolute atomic E-state index is 0.276. The number of hydrogen-bond acceptors (Lipinski definition) is 1. The van der Waals surface area contributed by atoms with Crippen LogP contribution >= 0.6 is 12.2 Å². The molecule has 1 aliphatic heterocycles. The smallest absolute Gasteiger partial charge is 0.0813 e. The molecule has 0 aliphatic carbocycles. The third kappa shape index (κ3) is 2.07. The maximum Gasteiger partial charge on any atom is 0.0813 e. The Kier molecular flexibility index (Phi) is 3.27. The largest absolute Gasteiger partial charge is 0.379 e. The highest BCUT2D eigenvalue weighted by Crippen LogP contribution is 2.32. The Bertz CT molecular complexity index is 188. The van der Waals surface area contributed by atoms with E-state index in [1.807, 2.05) is 6.08 Å². The fourth-order valence-corrected chi connectivity index (χ4v) is 1.96. The first-order valence-electron chi connectivity index (χ1n) is 4.58. The van der Waals surface area contributed by atoms with Gasteiger partial charge in [0.2, 0.25) is 0 Å². The van der Waals surface area contributed by atoms with Crippen LogP contribution in [0.25, 0.3) is 0 Å². The highest BCUT2D eigenvalue weighted by atomic mass is 32.1. The molecule has 0 aromatic rings. The summed E-state index contributed by atoms with van der Waals surface area (Å²) in [5.74, 6) is 0. The predicted molar refractivity (Wildman–Crippen MR) is 57.4 cm³/mol. The van der Waals surface area contributed by atoms with Crippen molar-refractivity contribution in [1.82, 2.24) is 5.32 Å². The van der Waals surface area contributed by atoms with E-state index in [0.717, 1.165) is 18.0 Å². The molecule has 0 aromatic carbocycles. The van der Waals surface area contributed by atoms with Gasteiger partial charge >= 0.3 is 0 Å². The lowest BCUT2D eigenvalue weighted by atomic mass is 9.84. The van der Waals surface area contributed by atoms with Gasteiger partial charge in [0.25, 0.3) is 0 Å². The molecule has 1 heterocycles. The monoisotopic (exact) mass is 183 g/mol. The maximum absolute atomic E-state index is 5.27. The van der Waals surface area contributed by atoms with E-state index < -0.39 is 0 Å². The number of nitrogens with one attached hydrogen (secondary N) is 1. The van der Waals surface area contributed by atoms with Crippen molar-refractivity contribution in [3.8, 4) is 0 Å². The molecule has 0 saturated carbocycles. The lowest BCUT2D eigenvalue weighted by Gasteiger charge is -2.22. The van der Waals surface area contributed by atoms with Crippen LogP contribution in [0.3, 0.4) is 0 Å². The van der Waals surface area contributed by atoms with Crippen LogP contribution in [-0.2, 0) is 0 Å². The second-order valence-corrected chi connectivity index (χ2v) is 4.16. The lowest BCUT2D eigenvalue weighted by molar-refractivity contribution is 0.422. The number of thiocarbonyl (C=S) groups is 1. The molecule has 1 aliphatic rings. The summed E-state index contributed by atoms with van der Waals surface area (Å²) >= 11 is 5.27. The van der Waals surface area contributed by atoms with Gasteiger partial charge in [-0.25, -0.2) is 0 Å². The van der Waals surface area contributed by atoms with E-state index in [4.69, 9.17) is 12.2 Å². The van der Waals surface area contributed by atoms with Crippen molar-refractivity contribution in [2.75, 3.05) is 6.54 Å². The van der Waals surface area contributed by atoms with Gasteiger partial charge in [0.05, 0.1) is 4.99 Å². The molecule has 12 heavy (non-hydrogen) atoms. The standard InChI is InChI=1S/C10H17NS/c1-3-4-5-6-10(2)7-8-11-9(10)12/h3H,1,4-8H2,2H3,(H,11,12). The summed E-state index contributed by atoms with van der Waals surface area (Å²) in [6, 6.07) is 0. The van der Waals surface area contributed by atoms with Crippen molar-refractivity contribution < 1.29 is 0 Å². The second kappa shape index (κ2) is 4.04. The molecule has 1 saturated heterocycles. The Morgan fingerprint density at radius 1 is 1.75 bits per heavy atom. The average Bonchev–Trinajstić information content (AvgIpc) is 2.34. The Morgan fingerprint density at radius 3 is 3.00 bits per heavy atom. The van der Waals surface area contributed by atoms with E-state index in [2.05, 4.69) is 18.8 Å². The zero-order valence-electron chi connectivity index (χ0n) is 7.73. The highest BCUT2D eigenvalue weighted by Gasteiger charge is 2.32. The molecule has 1 fully saturated rings. The van der Waals surface area contributed by atoms with Crippen molar-refractivity contribution in [3.63, 3.8) is 0 Å². The van der Waals surface area contributed by atoms with E-state index in [0.29, 0.717) is 0 Å². The van der Waals surface area contributed by atoms with Gasteiger partial charge in [0.1, 0.15) is 0 Å². The molecule has 68 valence electrons. The Hall–Kier alpha value is -0.370. The topological polar surface area (TPSA) is 12.0 Å². The van der Waals surface area contributed by atoms with Crippen LogP contribution in [0.15, 0.2) is 12.7 Å². The van der Waals surface area contributed by atoms with E-state index in [1.165, 1.54) is 19.3 Å². The lowest BCUT2D eigenvalue weighted by Crippen LogP contribution is -2.26. The van der Waals surface area contributed by atoms with Gasteiger partial charge in [-0.3, -0.25) is 0 Å². The molecular formula is C10H17NS. The van der Waals surface area contributed by atoms with Crippen LogP contribution in [0, 0.1) is 5.41 Å². The Labute approximate surface area is 80.2 Å². The van der Waals surface area contributed by atoms with Crippen molar-refractivity contribution in [1.29, 1.82) is 0 Å². The molecule has 1 atom stereocenters. The molecule has 0 amide bonds. The van der Waals surface area contributed by atoms with Crippen LogP contribution in [0.4, 0.5) is 0 Å². The molecule has 0 aromatic heterocycles. The Balaban J connectivity index is 2.37. The summed E-state index contributed by atoms with van der Waals surface area (Å²) < 4.78 is 0. The average molecular weight is 183 g/mol. The third-order valence-corrected chi connectivity index (χ3v) is 3.28. The van der Waals surface area contributed by atoms with Gasteiger partial charge in [-0.2, -0.15) is 0 Å². The van der Waals surface area contributed by atoms with Crippen LogP contribution in [0.2, 0.25) is 0 Å². The van der Waals surface area contributed by atoms with Crippen molar-refractivity contribution in [2.45, 2.75) is 32.6 Å². The number of allylic oxidation sites excluding steroid dienone is 1. The summed E-state index contributed by atoms with van der Waals surface area (Å²) in [5.41, 5.74) is 0.276. The molecule has 1 N–H and O–H groups in total. The van der Waals surface area contributed by atoms with Crippen LogP contribution < -0.4 is 5.32 Å². The fraction of sp³-hybridized carbons (Fsp3) is 0.700. The summed E-state index contributed by atoms with van der Waals surface area (Å²) in [4.78, 5) is 1.06. The van der Waals surface area contributed by atoms with Crippen LogP contribution in [-0.4, -0.2) is 11.5 Å². The minimum atomic E-state index is 0.276. The van der Waals surface area contributed by atoms with E-state index in [-0.39, 0.29) is 5.41 Å². The molecule has 0 radical (unpaired) electrons. The Morgan fingerprint density at radius 2 is 2.50 bits per heavy atom. The molecule has 1 nitrogen and oxygen atoms in total. The molecule has 0 bridgehead atoms. The van der Waals surface area contributed by atoms with Gasteiger partial charge in [-0.1, -0.05) is 25.2 Å². The summed E-state index contributed by atoms with van der Waals surface area (Å²) in [6.45, 7) is 7.04. The predicted octanol–water partition coefficient (Wildman–Crippen LogP) is 2.67. The second-order valence-electron chi connectivity index (χ2n) is 3.75. The van der Waals surface area contributed by atoms with Crippen LogP contribution in [0.5, 0.6) is 0 Å². The summed E-state index contributed by atoms with van der Waals surface area (Å²) in [6.07, 6.45) is 6.70. The van der Waals surface area contributed by atoms with Crippen molar-refractivity contribution in [3.05, 3.63) is 12.7 Å². The third-order valence-electron chi connectivity index (χ3n) is 2.65. The van der Waals surface area contributed by atoms with Gasteiger partial charge in [0, 0.05) is 12.0 Å². The molecule has 0 spiro atoms. The molecule has 1 rings (SSSR count). The first-order chi connectivity index (χ1) is 5.69. The summed E-state index contributed by atoms with van der Waals surface area (Å²) in [7, 11) is 0. The normalized spacial score (nSPS) is 28.6. The fourth-order valence-electron chi connectivity index (χ4n) is 1.65. The molecule has 2 heteroatoms. The maximum atomic E-state index is 5.27. The van der Waals surface area contributed by atoms with E-state index in [1.54, 1.807) is 0 Å². The highest BCUT2D eigenvalue weighted by molar-refractivity contribution is 7.80. The van der Waals surface area contributed by atoms with Crippen molar-refractivity contribution in [2.24, 2.45) is 5.41 Å². The minimum Gasteiger partial charge on any atom is -0.379 e. The summed E-state index contributed by atoms with van der Waals surface area (Å²) in [5, 5.41) is 3.24. The zero-order valence-corrected chi connectivity index (χ0v) is 8.54. The number of hydrogen-bond donors (Lipinski definition) is 1. The van der Waals surface area contributed by atoms with Crippen molar-refractivity contribution >= 4 is 17.2 Å². The molecule has 1 unspecified atom stereocenters. The van der Waals surface area contributed by atoms with Gasteiger partial charge in [0.15, 0.2) is 0 Å². The van der Waals surface area contributed by atoms with Gasteiger partial charge in [-0.05, 0) is 25.7 Å². The first-order valence-corrected chi connectivity index (χ1v) is 4.99. The van der Waals surface area contributed by atoms with Crippen LogP contribution in [0.1, 0.15) is 32.6 Å². The van der Waals surface area contributed by atoms with E-state index >= 15 is 0 Å². The molecular weight excluding hydrogens is 166 g/mol. The van der Waals surface area contributed by atoms with Gasteiger partial charge in [-0.15, -0.1) is 6.58 Å². The van der Waals surface area contributed by atoms with E-state index in [9.17, 15) is 0 Å². The SMILES string of the molecule is C=CCCCC1(C)CCNC1=S. The first kappa shape index (κ1) is 9.72. The van der Waals surface area contributed by atoms with Gasteiger partial charge < -0.3 is 5.32 Å². The quantitative estimate of drug-likeness (QED) is 0.408. The zero-order chi connectivity index (χ0) is 9.03.